The average molecular weight is 365 g/mol. The molecule has 6 nitrogen and oxygen atoms in total. The van der Waals surface area contributed by atoms with Gasteiger partial charge in [-0.25, -0.2) is 0 Å². The lowest BCUT2D eigenvalue weighted by atomic mass is 10.0. The zero-order valence-electron chi connectivity index (χ0n) is 16.9. The van der Waals surface area contributed by atoms with Gasteiger partial charge in [0.15, 0.2) is 0 Å². The lowest BCUT2D eigenvalue weighted by molar-refractivity contribution is -0.137. The predicted octanol–water partition coefficient (Wildman–Crippen LogP) is 1.43. The van der Waals surface area contributed by atoms with Crippen LogP contribution in [0.1, 0.15) is 40.0 Å². The highest BCUT2D eigenvalue weighted by molar-refractivity contribution is 5.79. The van der Waals surface area contributed by atoms with E-state index in [0.717, 1.165) is 51.1 Å². The summed E-state index contributed by atoms with van der Waals surface area (Å²) >= 11 is 0. The molecule has 26 heavy (non-hydrogen) atoms. The number of amides is 2. The SMILES string of the molecule is C=C(C)CN(CC)C(=O)CN1CCN(CC(=O)N2CCCCC2C)CC1. The van der Waals surface area contributed by atoms with E-state index in [1.807, 2.05) is 18.7 Å². The van der Waals surface area contributed by atoms with Crippen LogP contribution in [0.5, 0.6) is 0 Å². The van der Waals surface area contributed by atoms with Crippen LogP contribution in [-0.2, 0) is 9.59 Å². The van der Waals surface area contributed by atoms with Gasteiger partial charge in [0.25, 0.3) is 0 Å². The first kappa shape index (κ1) is 20.9. The molecule has 0 aromatic carbocycles. The minimum Gasteiger partial charge on any atom is -0.339 e. The smallest absolute Gasteiger partial charge is 0.237 e. The van der Waals surface area contributed by atoms with Gasteiger partial charge < -0.3 is 9.80 Å². The van der Waals surface area contributed by atoms with E-state index in [9.17, 15) is 9.59 Å². The van der Waals surface area contributed by atoms with E-state index in [-0.39, 0.29) is 11.8 Å². The van der Waals surface area contributed by atoms with E-state index in [4.69, 9.17) is 0 Å². The van der Waals surface area contributed by atoms with Crippen molar-refractivity contribution in [2.75, 3.05) is 58.9 Å². The molecule has 0 aliphatic carbocycles. The molecular weight excluding hydrogens is 328 g/mol. The van der Waals surface area contributed by atoms with Crippen LogP contribution in [0.3, 0.4) is 0 Å². The number of piperidine rings is 1. The van der Waals surface area contributed by atoms with Crippen LogP contribution >= 0.6 is 0 Å². The zero-order valence-corrected chi connectivity index (χ0v) is 16.9. The third kappa shape index (κ3) is 6.09. The Labute approximate surface area is 158 Å². The molecule has 0 radical (unpaired) electrons. The number of carbonyl (C=O) groups excluding carboxylic acids is 2. The Morgan fingerprint density at radius 1 is 1.04 bits per heavy atom. The second kappa shape index (κ2) is 10.1. The van der Waals surface area contributed by atoms with Crippen LogP contribution < -0.4 is 0 Å². The van der Waals surface area contributed by atoms with Crippen molar-refractivity contribution in [2.24, 2.45) is 0 Å². The molecule has 2 saturated heterocycles. The van der Waals surface area contributed by atoms with Crippen LogP contribution in [0.25, 0.3) is 0 Å². The summed E-state index contributed by atoms with van der Waals surface area (Å²) in [6, 6.07) is 0.378. The monoisotopic (exact) mass is 364 g/mol. The molecule has 2 fully saturated rings. The number of likely N-dealkylation sites (tertiary alicyclic amines) is 1. The van der Waals surface area contributed by atoms with Crippen molar-refractivity contribution in [1.82, 2.24) is 19.6 Å². The molecule has 1 unspecified atom stereocenters. The summed E-state index contributed by atoms with van der Waals surface area (Å²) < 4.78 is 0. The maximum atomic E-state index is 12.6. The van der Waals surface area contributed by atoms with Crippen molar-refractivity contribution in [2.45, 2.75) is 46.1 Å². The summed E-state index contributed by atoms with van der Waals surface area (Å²) in [7, 11) is 0. The third-order valence-electron chi connectivity index (χ3n) is 5.50. The van der Waals surface area contributed by atoms with E-state index in [1.54, 1.807) is 0 Å². The third-order valence-corrected chi connectivity index (χ3v) is 5.50. The van der Waals surface area contributed by atoms with Gasteiger partial charge in [-0.1, -0.05) is 12.2 Å². The average Bonchev–Trinajstić information content (AvgIpc) is 2.61. The summed E-state index contributed by atoms with van der Waals surface area (Å²) in [4.78, 5) is 33.4. The van der Waals surface area contributed by atoms with Gasteiger partial charge in [0.1, 0.15) is 0 Å². The van der Waals surface area contributed by atoms with Crippen molar-refractivity contribution in [3.8, 4) is 0 Å². The zero-order chi connectivity index (χ0) is 19.1. The standard InChI is InChI=1S/C20H36N4O2/c1-5-23(14-17(2)3)19(25)15-21-10-12-22(13-11-21)16-20(26)24-9-7-6-8-18(24)4/h18H,2,5-16H2,1,3-4H3. The Morgan fingerprint density at radius 3 is 2.19 bits per heavy atom. The highest BCUT2D eigenvalue weighted by Gasteiger charge is 2.27. The van der Waals surface area contributed by atoms with Crippen LogP contribution in [0.15, 0.2) is 12.2 Å². The van der Waals surface area contributed by atoms with Gasteiger partial charge in [0.2, 0.25) is 11.8 Å². The molecule has 1 atom stereocenters. The molecule has 2 rings (SSSR count). The molecule has 0 bridgehead atoms. The van der Waals surface area contributed by atoms with Gasteiger partial charge in [-0.05, 0) is 40.0 Å². The van der Waals surface area contributed by atoms with Crippen molar-refractivity contribution >= 4 is 11.8 Å². The highest BCUT2D eigenvalue weighted by Crippen LogP contribution is 2.17. The summed E-state index contributed by atoms with van der Waals surface area (Å²) in [5.74, 6) is 0.433. The quantitative estimate of drug-likeness (QED) is 0.641. The molecule has 2 amide bonds. The highest BCUT2D eigenvalue weighted by atomic mass is 16.2. The van der Waals surface area contributed by atoms with Crippen molar-refractivity contribution < 1.29 is 9.59 Å². The minimum atomic E-state index is 0.169. The molecule has 0 aromatic rings. The van der Waals surface area contributed by atoms with Crippen molar-refractivity contribution in [3.05, 3.63) is 12.2 Å². The summed E-state index contributed by atoms with van der Waals surface area (Å²) in [6.45, 7) is 16.7. The Hall–Kier alpha value is -1.40. The van der Waals surface area contributed by atoms with E-state index < -0.39 is 0 Å². The van der Waals surface area contributed by atoms with E-state index >= 15 is 0 Å². The first-order valence-electron chi connectivity index (χ1n) is 10.1. The Morgan fingerprint density at radius 2 is 1.65 bits per heavy atom. The molecular formula is C20H36N4O2. The fourth-order valence-electron chi connectivity index (χ4n) is 3.85. The van der Waals surface area contributed by atoms with Crippen LogP contribution in [0, 0.1) is 0 Å². The summed E-state index contributed by atoms with van der Waals surface area (Å²) in [5, 5.41) is 0. The van der Waals surface area contributed by atoms with Gasteiger partial charge >= 0.3 is 0 Å². The molecule has 0 aromatic heterocycles. The fourth-order valence-corrected chi connectivity index (χ4v) is 3.85. The second-order valence-corrected chi connectivity index (χ2v) is 7.85. The van der Waals surface area contributed by atoms with Gasteiger partial charge in [0, 0.05) is 51.9 Å². The Balaban J connectivity index is 1.73. The molecule has 0 N–H and O–H groups in total. The molecule has 2 aliphatic rings. The minimum absolute atomic E-state index is 0.169. The largest absolute Gasteiger partial charge is 0.339 e. The number of carbonyl (C=O) groups is 2. The topological polar surface area (TPSA) is 47.1 Å². The Kier molecular flexibility index (Phi) is 8.10. The molecule has 6 heteroatoms. The van der Waals surface area contributed by atoms with Gasteiger partial charge in [0.05, 0.1) is 13.1 Å². The van der Waals surface area contributed by atoms with Crippen molar-refractivity contribution in [1.29, 1.82) is 0 Å². The van der Waals surface area contributed by atoms with Gasteiger partial charge in [-0.3, -0.25) is 19.4 Å². The van der Waals surface area contributed by atoms with Gasteiger partial charge in [-0.15, -0.1) is 0 Å². The predicted molar refractivity (Wildman–Crippen MR) is 105 cm³/mol. The number of hydrogen-bond donors (Lipinski definition) is 0. The Bertz CT molecular complexity index is 500. The first-order chi connectivity index (χ1) is 12.4. The number of hydrogen-bond acceptors (Lipinski definition) is 4. The second-order valence-electron chi connectivity index (χ2n) is 7.85. The molecule has 148 valence electrons. The maximum absolute atomic E-state index is 12.6. The lowest BCUT2D eigenvalue weighted by Gasteiger charge is -2.38. The number of piperazine rings is 1. The fraction of sp³-hybridized carbons (Fsp3) is 0.800. The number of likely N-dealkylation sites (N-methyl/N-ethyl adjacent to an activating group) is 1. The van der Waals surface area contributed by atoms with Crippen LogP contribution in [-0.4, -0.2) is 96.4 Å². The maximum Gasteiger partial charge on any atom is 0.237 e. The first-order valence-corrected chi connectivity index (χ1v) is 10.1. The molecule has 0 spiro atoms. The lowest BCUT2D eigenvalue weighted by Crippen LogP contribution is -2.53. The van der Waals surface area contributed by atoms with E-state index in [1.165, 1.54) is 6.42 Å². The normalized spacial score (nSPS) is 22.3. The van der Waals surface area contributed by atoms with Crippen LogP contribution in [0.2, 0.25) is 0 Å². The van der Waals surface area contributed by atoms with Gasteiger partial charge in [-0.2, -0.15) is 0 Å². The number of rotatable bonds is 7. The summed E-state index contributed by atoms with van der Waals surface area (Å²) in [5.41, 5.74) is 1.01. The van der Waals surface area contributed by atoms with E-state index in [0.29, 0.717) is 32.2 Å². The number of nitrogens with zero attached hydrogens (tertiary/aromatic N) is 4. The van der Waals surface area contributed by atoms with E-state index in [2.05, 4.69) is 28.2 Å². The molecule has 0 saturated carbocycles. The molecule has 2 heterocycles. The molecule has 2 aliphatic heterocycles. The van der Waals surface area contributed by atoms with Crippen molar-refractivity contribution in [3.63, 3.8) is 0 Å². The summed E-state index contributed by atoms with van der Waals surface area (Å²) in [6.07, 6.45) is 3.49. The van der Waals surface area contributed by atoms with Crippen LogP contribution in [0.4, 0.5) is 0 Å².